The first-order chi connectivity index (χ1) is 20.0. The second-order valence-electron chi connectivity index (χ2n) is 12.1. The van der Waals surface area contributed by atoms with Crippen molar-refractivity contribution in [3.05, 3.63) is 89.6 Å². The Hall–Kier alpha value is -3.80. The molecule has 2 aromatic carbocycles. The molecule has 0 amide bonds. The van der Waals surface area contributed by atoms with Crippen molar-refractivity contribution in [2.45, 2.75) is 75.6 Å². The zero-order valence-corrected chi connectivity index (χ0v) is 25.3. The van der Waals surface area contributed by atoms with Gasteiger partial charge in [0, 0.05) is 37.7 Å². The minimum absolute atomic E-state index is 0.0559. The predicted octanol–water partition coefficient (Wildman–Crippen LogP) is 6.82. The lowest BCUT2D eigenvalue weighted by atomic mass is 9.70. The van der Waals surface area contributed by atoms with Gasteiger partial charge in [-0.2, -0.15) is 21.6 Å². The van der Waals surface area contributed by atoms with E-state index in [0.29, 0.717) is 12.0 Å². The smallest absolute Gasteiger partial charge is 0.389 e. The number of hydrogen-bond acceptors (Lipinski definition) is 6. The van der Waals surface area contributed by atoms with E-state index in [1.54, 1.807) is 31.3 Å². The topological polar surface area (TPSA) is 111 Å². The number of imidazole rings is 1. The summed E-state index contributed by atoms with van der Waals surface area (Å²) in [4.78, 5) is 17.6. The molecule has 8 nitrogen and oxygen atoms in total. The van der Waals surface area contributed by atoms with Crippen LogP contribution in [0.1, 0.15) is 63.5 Å². The van der Waals surface area contributed by atoms with Gasteiger partial charge in [-0.25, -0.2) is 9.78 Å². The molecule has 4 rings (SSSR count). The summed E-state index contributed by atoms with van der Waals surface area (Å²) >= 11 is 0. The van der Waals surface area contributed by atoms with Crippen molar-refractivity contribution in [1.82, 2.24) is 9.55 Å². The zero-order valence-electron chi connectivity index (χ0n) is 24.5. The Kier molecular flexibility index (Phi) is 9.01. The van der Waals surface area contributed by atoms with Gasteiger partial charge in [-0.3, -0.25) is 4.72 Å². The maximum absolute atomic E-state index is 13.7. The summed E-state index contributed by atoms with van der Waals surface area (Å²) in [5.41, 5.74) is -0.685. The highest BCUT2D eigenvalue weighted by Crippen LogP contribution is 2.48. The molecule has 1 aliphatic rings. The van der Waals surface area contributed by atoms with Crippen LogP contribution in [0.3, 0.4) is 0 Å². The van der Waals surface area contributed by atoms with Gasteiger partial charge >= 0.3 is 12.1 Å². The van der Waals surface area contributed by atoms with E-state index in [0.717, 1.165) is 5.56 Å². The van der Waals surface area contributed by atoms with E-state index in [9.17, 15) is 31.5 Å². The molecule has 0 saturated carbocycles. The van der Waals surface area contributed by atoms with E-state index in [4.69, 9.17) is 4.74 Å². The SMILES string of the molecule is Cn1cnc(S(=O)(=O)Nc2cccc(C(C3=C(O)C[C@@](CCc4ccccc4)(CCC(F)(F)F)OC3=O)C(C)(C)C)c2)c1. The Labute approximate surface area is 249 Å². The Morgan fingerprint density at radius 3 is 2.37 bits per heavy atom. The van der Waals surface area contributed by atoms with Crippen LogP contribution in [0.2, 0.25) is 0 Å². The highest BCUT2D eigenvalue weighted by atomic mass is 32.2. The molecule has 232 valence electrons. The van der Waals surface area contributed by atoms with Gasteiger partial charge in [0.25, 0.3) is 10.0 Å². The quantitative estimate of drug-likeness (QED) is 0.241. The number of carbonyl (C=O) groups is 1. The van der Waals surface area contributed by atoms with E-state index in [1.165, 1.54) is 17.1 Å². The van der Waals surface area contributed by atoms with Gasteiger partial charge in [0.1, 0.15) is 11.4 Å². The van der Waals surface area contributed by atoms with Crippen LogP contribution in [0.5, 0.6) is 0 Å². The lowest BCUT2D eigenvalue weighted by molar-refractivity contribution is -0.174. The van der Waals surface area contributed by atoms with Crippen LogP contribution in [0.15, 0.2) is 83.5 Å². The van der Waals surface area contributed by atoms with Crippen LogP contribution in [0.25, 0.3) is 0 Å². The van der Waals surface area contributed by atoms with Gasteiger partial charge in [-0.05, 0) is 47.9 Å². The molecule has 2 atom stereocenters. The van der Waals surface area contributed by atoms with Gasteiger partial charge in [0.05, 0.1) is 11.9 Å². The van der Waals surface area contributed by atoms with E-state index >= 15 is 0 Å². The number of benzene rings is 2. The van der Waals surface area contributed by atoms with E-state index in [1.807, 2.05) is 51.1 Å². The van der Waals surface area contributed by atoms with Gasteiger partial charge in [-0.1, -0.05) is 63.2 Å². The Morgan fingerprint density at radius 1 is 1.09 bits per heavy atom. The molecule has 12 heteroatoms. The average molecular weight is 620 g/mol. The number of cyclic esters (lactones) is 1. The highest BCUT2D eigenvalue weighted by Gasteiger charge is 2.47. The molecule has 0 radical (unpaired) electrons. The summed E-state index contributed by atoms with van der Waals surface area (Å²) in [6, 6.07) is 15.6. The number of nitrogens with one attached hydrogen (secondary N) is 1. The fourth-order valence-corrected chi connectivity index (χ4v) is 6.53. The number of hydrogen-bond donors (Lipinski definition) is 2. The minimum atomic E-state index is -4.47. The lowest BCUT2D eigenvalue weighted by Gasteiger charge is -2.41. The third-order valence-corrected chi connectivity index (χ3v) is 8.76. The van der Waals surface area contributed by atoms with Crippen LogP contribution in [-0.4, -0.2) is 40.8 Å². The molecule has 0 bridgehead atoms. The molecule has 1 aliphatic heterocycles. The van der Waals surface area contributed by atoms with Crippen molar-refractivity contribution in [3.63, 3.8) is 0 Å². The van der Waals surface area contributed by atoms with Crippen molar-refractivity contribution >= 4 is 21.7 Å². The molecule has 0 spiro atoms. The fraction of sp³-hybridized carbons (Fsp3) is 0.419. The first kappa shape index (κ1) is 32.1. The lowest BCUT2D eigenvalue weighted by Crippen LogP contribution is -2.43. The molecule has 0 saturated heterocycles. The summed E-state index contributed by atoms with van der Waals surface area (Å²) in [6.07, 6.45) is -3.22. The number of nitrogens with zero attached hydrogens (tertiary/aromatic N) is 2. The van der Waals surface area contributed by atoms with Gasteiger partial charge < -0.3 is 14.4 Å². The van der Waals surface area contributed by atoms with Crippen molar-refractivity contribution in [2.24, 2.45) is 12.5 Å². The summed E-state index contributed by atoms with van der Waals surface area (Å²) in [5.74, 6) is -1.99. The van der Waals surface area contributed by atoms with Crippen LogP contribution in [0, 0.1) is 5.41 Å². The number of aliphatic hydroxyl groups is 1. The monoisotopic (exact) mass is 619 g/mol. The predicted molar refractivity (Wildman–Crippen MR) is 156 cm³/mol. The van der Waals surface area contributed by atoms with Crippen molar-refractivity contribution in [1.29, 1.82) is 0 Å². The molecule has 3 aromatic rings. The Bertz CT molecular complexity index is 1590. The van der Waals surface area contributed by atoms with Crippen LogP contribution >= 0.6 is 0 Å². The number of carbonyl (C=O) groups excluding carboxylic acids is 1. The number of aliphatic hydroxyl groups excluding tert-OH is 1. The van der Waals surface area contributed by atoms with Crippen LogP contribution in [-0.2, 0) is 33.0 Å². The fourth-order valence-electron chi connectivity index (χ4n) is 5.50. The molecule has 0 aliphatic carbocycles. The molecule has 1 unspecified atom stereocenters. The maximum atomic E-state index is 13.7. The summed E-state index contributed by atoms with van der Waals surface area (Å²) < 4.78 is 75.6. The van der Waals surface area contributed by atoms with Crippen molar-refractivity contribution in [3.8, 4) is 0 Å². The standard InChI is InChI=1S/C31H36F3N3O5S/c1-29(2,3)27(22-11-8-12-23(17-22)36-43(40,41)25-19-37(4)20-35-25)26-24(38)18-30(42-28(26)39,15-16-31(32,33)34)14-13-21-9-6-5-7-10-21/h5-12,17,19-20,27,36,38H,13-16,18H2,1-4H3/t27?,30-/m1/s1. The number of alkyl halides is 3. The molecule has 1 aromatic heterocycles. The Morgan fingerprint density at radius 2 is 1.79 bits per heavy atom. The summed E-state index contributed by atoms with van der Waals surface area (Å²) in [5, 5.41) is 11.2. The largest absolute Gasteiger partial charge is 0.512 e. The first-order valence-electron chi connectivity index (χ1n) is 13.8. The highest BCUT2D eigenvalue weighted by molar-refractivity contribution is 7.92. The number of esters is 1. The van der Waals surface area contributed by atoms with E-state index in [2.05, 4.69) is 9.71 Å². The third kappa shape index (κ3) is 7.98. The van der Waals surface area contributed by atoms with Crippen molar-refractivity contribution in [2.75, 3.05) is 4.72 Å². The minimum Gasteiger partial charge on any atom is -0.512 e. The molecular weight excluding hydrogens is 583 g/mol. The Balaban J connectivity index is 1.68. The molecule has 43 heavy (non-hydrogen) atoms. The summed E-state index contributed by atoms with van der Waals surface area (Å²) in [6.45, 7) is 5.53. The number of aromatic nitrogens is 2. The second kappa shape index (κ2) is 12.1. The number of ether oxygens (including phenoxy) is 1. The van der Waals surface area contributed by atoms with Crippen molar-refractivity contribution < 1.29 is 36.2 Å². The van der Waals surface area contributed by atoms with Crippen LogP contribution in [0.4, 0.5) is 18.9 Å². The third-order valence-electron chi connectivity index (χ3n) is 7.49. The zero-order chi connectivity index (χ0) is 31.6. The first-order valence-corrected chi connectivity index (χ1v) is 15.3. The van der Waals surface area contributed by atoms with Gasteiger partial charge in [-0.15, -0.1) is 0 Å². The number of anilines is 1. The number of aryl methyl sites for hydroxylation is 2. The molecule has 2 heterocycles. The van der Waals surface area contributed by atoms with E-state index < -0.39 is 51.9 Å². The molecular formula is C31H36F3N3O5S. The van der Waals surface area contributed by atoms with Gasteiger partial charge in [0.2, 0.25) is 0 Å². The second-order valence-corrected chi connectivity index (χ2v) is 13.7. The van der Waals surface area contributed by atoms with Gasteiger partial charge in [0.15, 0.2) is 5.03 Å². The number of rotatable bonds is 10. The maximum Gasteiger partial charge on any atom is 0.389 e. The number of halogens is 3. The van der Waals surface area contributed by atoms with Crippen LogP contribution < -0.4 is 4.72 Å². The molecule has 2 N–H and O–H groups in total. The normalized spacial score (nSPS) is 18.8. The number of sulfonamides is 1. The summed E-state index contributed by atoms with van der Waals surface area (Å²) in [7, 11) is -2.36. The van der Waals surface area contributed by atoms with E-state index in [-0.39, 0.29) is 34.9 Å². The average Bonchev–Trinajstić information content (AvgIpc) is 3.35. The molecule has 0 fully saturated rings.